The lowest BCUT2D eigenvalue weighted by molar-refractivity contribution is 0.435. The van der Waals surface area contributed by atoms with Crippen molar-refractivity contribution in [2.75, 3.05) is 7.05 Å². The molecule has 0 aromatic heterocycles. The van der Waals surface area contributed by atoms with Crippen molar-refractivity contribution in [2.45, 2.75) is 32.7 Å². The van der Waals surface area contributed by atoms with E-state index < -0.39 is 0 Å². The van der Waals surface area contributed by atoms with Gasteiger partial charge < -0.3 is 5.32 Å². The standard InChI is InChI=1S/C13H19BrFN/c1-9(2)6-12(16-3)7-10-4-5-11(14)8-13(10)15/h4-5,8-9,12,16H,6-7H2,1-3H3. The average Bonchev–Trinajstić information content (AvgIpc) is 2.20. The Morgan fingerprint density at radius 2 is 2.06 bits per heavy atom. The first-order valence-electron chi connectivity index (χ1n) is 5.64. The summed E-state index contributed by atoms with van der Waals surface area (Å²) in [5.41, 5.74) is 0.781. The molecule has 0 saturated carbocycles. The molecular formula is C13H19BrFN. The molecule has 0 fully saturated rings. The summed E-state index contributed by atoms with van der Waals surface area (Å²) in [5.74, 6) is 0.495. The topological polar surface area (TPSA) is 12.0 Å². The monoisotopic (exact) mass is 287 g/mol. The van der Waals surface area contributed by atoms with E-state index in [0.29, 0.717) is 12.0 Å². The van der Waals surface area contributed by atoms with Gasteiger partial charge in [-0.15, -0.1) is 0 Å². The second-order valence-electron chi connectivity index (χ2n) is 4.56. The summed E-state index contributed by atoms with van der Waals surface area (Å²) in [7, 11) is 1.93. The van der Waals surface area contributed by atoms with Crippen molar-refractivity contribution >= 4 is 15.9 Å². The van der Waals surface area contributed by atoms with E-state index in [1.54, 1.807) is 0 Å². The molecule has 1 nitrogen and oxygen atoms in total. The first-order valence-corrected chi connectivity index (χ1v) is 6.43. The van der Waals surface area contributed by atoms with Crippen molar-refractivity contribution in [2.24, 2.45) is 5.92 Å². The van der Waals surface area contributed by atoms with Crippen molar-refractivity contribution in [3.63, 3.8) is 0 Å². The van der Waals surface area contributed by atoms with E-state index in [-0.39, 0.29) is 5.82 Å². The molecule has 1 rings (SSSR count). The molecule has 0 heterocycles. The highest BCUT2D eigenvalue weighted by molar-refractivity contribution is 9.10. The van der Waals surface area contributed by atoms with Gasteiger partial charge in [-0.25, -0.2) is 4.39 Å². The zero-order valence-corrected chi connectivity index (χ0v) is 11.6. The molecule has 1 atom stereocenters. The third-order valence-corrected chi connectivity index (χ3v) is 3.14. The lowest BCUT2D eigenvalue weighted by Gasteiger charge is -2.18. The minimum atomic E-state index is -0.126. The Kier molecular flexibility index (Phi) is 5.42. The molecule has 0 bridgehead atoms. The van der Waals surface area contributed by atoms with Gasteiger partial charge in [0.05, 0.1) is 0 Å². The van der Waals surface area contributed by atoms with Crippen LogP contribution in [0.25, 0.3) is 0 Å². The van der Waals surface area contributed by atoms with Gasteiger partial charge in [0.1, 0.15) is 5.82 Å². The maximum absolute atomic E-state index is 13.6. The average molecular weight is 288 g/mol. The first kappa shape index (κ1) is 13.7. The Labute approximate surface area is 106 Å². The molecule has 0 radical (unpaired) electrons. The van der Waals surface area contributed by atoms with Crippen molar-refractivity contribution in [1.29, 1.82) is 0 Å². The molecule has 0 spiro atoms. The van der Waals surface area contributed by atoms with Gasteiger partial charge in [-0.3, -0.25) is 0 Å². The minimum absolute atomic E-state index is 0.126. The largest absolute Gasteiger partial charge is 0.317 e. The number of halogens is 2. The van der Waals surface area contributed by atoms with E-state index in [9.17, 15) is 4.39 Å². The summed E-state index contributed by atoms with van der Waals surface area (Å²) >= 11 is 3.26. The summed E-state index contributed by atoms with van der Waals surface area (Å²) < 4.78 is 14.4. The summed E-state index contributed by atoms with van der Waals surface area (Å²) in [6.45, 7) is 4.37. The minimum Gasteiger partial charge on any atom is -0.317 e. The Hall–Kier alpha value is -0.410. The fraction of sp³-hybridized carbons (Fsp3) is 0.538. The van der Waals surface area contributed by atoms with Crippen LogP contribution < -0.4 is 5.32 Å². The quantitative estimate of drug-likeness (QED) is 0.869. The van der Waals surface area contributed by atoms with E-state index in [1.165, 1.54) is 6.07 Å². The molecule has 0 aliphatic rings. The van der Waals surface area contributed by atoms with Crippen LogP contribution in [0.3, 0.4) is 0 Å². The van der Waals surface area contributed by atoms with E-state index in [2.05, 4.69) is 35.1 Å². The fourth-order valence-electron chi connectivity index (χ4n) is 1.82. The molecule has 1 aromatic carbocycles. The Balaban J connectivity index is 2.70. The van der Waals surface area contributed by atoms with Crippen molar-refractivity contribution in [3.05, 3.63) is 34.1 Å². The molecule has 0 aliphatic carbocycles. The number of nitrogens with one attached hydrogen (secondary N) is 1. The number of hydrogen-bond donors (Lipinski definition) is 1. The van der Waals surface area contributed by atoms with Gasteiger partial charge in [0.15, 0.2) is 0 Å². The predicted octanol–water partition coefficient (Wildman–Crippen LogP) is 3.76. The van der Waals surface area contributed by atoms with Crippen LogP contribution in [0.15, 0.2) is 22.7 Å². The molecular weight excluding hydrogens is 269 g/mol. The smallest absolute Gasteiger partial charge is 0.127 e. The Bertz CT molecular complexity index is 339. The zero-order valence-electron chi connectivity index (χ0n) is 10.1. The highest BCUT2D eigenvalue weighted by Crippen LogP contribution is 2.18. The van der Waals surface area contributed by atoms with Crippen molar-refractivity contribution in [1.82, 2.24) is 5.32 Å². The van der Waals surface area contributed by atoms with Gasteiger partial charge in [-0.2, -0.15) is 0 Å². The normalized spacial score (nSPS) is 13.1. The highest BCUT2D eigenvalue weighted by atomic mass is 79.9. The lowest BCUT2D eigenvalue weighted by Crippen LogP contribution is -2.29. The third-order valence-electron chi connectivity index (χ3n) is 2.65. The van der Waals surface area contributed by atoms with Crippen LogP contribution in [0.5, 0.6) is 0 Å². The molecule has 0 amide bonds. The zero-order chi connectivity index (χ0) is 12.1. The summed E-state index contributed by atoms with van der Waals surface area (Å²) in [6.07, 6.45) is 1.81. The second kappa shape index (κ2) is 6.36. The Morgan fingerprint density at radius 3 is 2.56 bits per heavy atom. The van der Waals surface area contributed by atoms with Crippen LogP contribution in [-0.4, -0.2) is 13.1 Å². The molecule has 1 N–H and O–H groups in total. The van der Waals surface area contributed by atoms with Gasteiger partial charge >= 0.3 is 0 Å². The number of benzene rings is 1. The molecule has 0 aliphatic heterocycles. The van der Waals surface area contributed by atoms with E-state index in [1.807, 2.05) is 19.2 Å². The molecule has 16 heavy (non-hydrogen) atoms. The van der Waals surface area contributed by atoms with Gasteiger partial charge in [0.25, 0.3) is 0 Å². The first-order chi connectivity index (χ1) is 7.52. The molecule has 90 valence electrons. The summed E-state index contributed by atoms with van der Waals surface area (Å²) in [4.78, 5) is 0. The van der Waals surface area contributed by atoms with Crippen LogP contribution in [0.4, 0.5) is 4.39 Å². The number of likely N-dealkylation sites (N-methyl/N-ethyl adjacent to an activating group) is 1. The fourth-order valence-corrected chi connectivity index (χ4v) is 2.16. The van der Waals surface area contributed by atoms with Crippen molar-refractivity contribution in [3.8, 4) is 0 Å². The second-order valence-corrected chi connectivity index (χ2v) is 5.47. The van der Waals surface area contributed by atoms with Crippen molar-refractivity contribution < 1.29 is 4.39 Å². The molecule has 3 heteroatoms. The lowest BCUT2D eigenvalue weighted by atomic mass is 9.97. The van der Waals surface area contributed by atoms with Gasteiger partial charge in [-0.05, 0) is 43.5 Å². The molecule has 1 aromatic rings. The SMILES string of the molecule is CNC(Cc1ccc(Br)cc1F)CC(C)C. The summed E-state index contributed by atoms with van der Waals surface area (Å²) in [6, 6.07) is 5.61. The Morgan fingerprint density at radius 1 is 1.38 bits per heavy atom. The van der Waals surface area contributed by atoms with Crippen LogP contribution in [0, 0.1) is 11.7 Å². The van der Waals surface area contributed by atoms with Gasteiger partial charge in [-0.1, -0.05) is 35.8 Å². The van der Waals surface area contributed by atoms with Crippen LogP contribution >= 0.6 is 15.9 Å². The van der Waals surface area contributed by atoms with Gasteiger partial charge in [0.2, 0.25) is 0 Å². The maximum atomic E-state index is 13.6. The third kappa shape index (κ3) is 4.22. The summed E-state index contributed by atoms with van der Waals surface area (Å²) in [5, 5.41) is 3.25. The van der Waals surface area contributed by atoms with Crippen LogP contribution in [0.1, 0.15) is 25.8 Å². The van der Waals surface area contributed by atoms with Crippen LogP contribution in [0.2, 0.25) is 0 Å². The van der Waals surface area contributed by atoms with E-state index >= 15 is 0 Å². The highest BCUT2D eigenvalue weighted by Gasteiger charge is 2.12. The number of rotatable bonds is 5. The van der Waals surface area contributed by atoms with Gasteiger partial charge in [0, 0.05) is 10.5 Å². The molecule has 1 unspecified atom stereocenters. The predicted molar refractivity (Wildman–Crippen MR) is 70.1 cm³/mol. The molecule has 0 saturated heterocycles. The van der Waals surface area contributed by atoms with Crippen LogP contribution in [-0.2, 0) is 6.42 Å². The maximum Gasteiger partial charge on any atom is 0.127 e. The number of hydrogen-bond acceptors (Lipinski definition) is 1. The van der Waals surface area contributed by atoms with E-state index in [0.717, 1.165) is 22.9 Å². The van der Waals surface area contributed by atoms with E-state index in [4.69, 9.17) is 0 Å².